The molecule has 1 amide bonds. The maximum absolute atomic E-state index is 13.5. The molecule has 2 aromatic rings. The van der Waals surface area contributed by atoms with Crippen molar-refractivity contribution in [2.24, 2.45) is 0 Å². The highest BCUT2D eigenvalue weighted by Crippen LogP contribution is 2.22. The highest BCUT2D eigenvalue weighted by molar-refractivity contribution is 9.10. The number of rotatable bonds is 3. The number of aryl methyl sites for hydroxylation is 1. The summed E-state index contributed by atoms with van der Waals surface area (Å²) >= 11 is 3.29. The number of carbonyl (C=O) groups excluding carboxylic acids is 1. The number of carbonyl (C=O) groups is 1. The number of anilines is 1. The number of benzene rings is 2. The van der Waals surface area contributed by atoms with Crippen molar-refractivity contribution >= 4 is 33.2 Å². The SMILES string of the molecule is Cc1cc(Br)cc(C(=O)Nc2ccc([N+](=O)[O-])c(F)c2)c1. The maximum atomic E-state index is 13.5. The molecule has 5 nitrogen and oxygen atoms in total. The molecule has 0 aliphatic carbocycles. The van der Waals surface area contributed by atoms with Crippen molar-refractivity contribution in [2.75, 3.05) is 5.32 Å². The minimum atomic E-state index is -0.997. The van der Waals surface area contributed by atoms with Crippen molar-refractivity contribution in [3.8, 4) is 0 Å². The molecule has 0 saturated heterocycles. The predicted molar refractivity (Wildman–Crippen MR) is 79.9 cm³/mol. The van der Waals surface area contributed by atoms with Gasteiger partial charge in [0.25, 0.3) is 5.91 Å². The number of nitrogens with zero attached hydrogens (tertiary/aromatic N) is 1. The van der Waals surface area contributed by atoms with E-state index in [0.717, 1.165) is 22.2 Å². The molecule has 0 spiro atoms. The number of nitro groups is 1. The van der Waals surface area contributed by atoms with Crippen LogP contribution in [0.15, 0.2) is 40.9 Å². The molecule has 0 heterocycles. The average molecular weight is 353 g/mol. The van der Waals surface area contributed by atoms with Crippen LogP contribution in [0.3, 0.4) is 0 Å². The molecule has 21 heavy (non-hydrogen) atoms. The van der Waals surface area contributed by atoms with Gasteiger partial charge in [0.1, 0.15) is 0 Å². The zero-order chi connectivity index (χ0) is 15.6. The van der Waals surface area contributed by atoms with Crippen LogP contribution in [0.2, 0.25) is 0 Å². The van der Waals surface area contributed by atoms with Gasteiger partial charge in [0.2, 0.25) is 5.82 Å². The second-order valence-electron chi connectivity index (χ2n) is 4.39. The lowest BCUT2D eigenvalue weighted by molar-refractivity contribution is -0.387. The van der Waals surface area contributed by atoms with E-state index in [4.69, 9.17) is 0 Å². The van der Waals surface area contributed by atoms with Crippen LogP contribution in [0.1, 0.15) is 15.9 Å². The summed E-state index contributed by atoms with van der Waals surface area (Å²) in [7, 11) is 0. The molecule has 0 aromatic heterocycles. The Labute approximate surface area is 128 Å². The fourth-order valence-corrected chi connectivity index (χ4v) is 2.41. The van der Waals surface area contributed by atoms with Crippen LogP contribution in [0.25, 0.3) is 0 Å². The van der Waals surface area contributed by atoms with Crippen molar-refractivity contribution in [3.63, 3.8) is 0 Å². The van der Waals surface area contributed by atoms with Gasteiger partial charge in [-0.3, -0.25) is 14.9 Å². The van der Waals surface area contributed by atoms with E-state index in [-0.39, 0.29) is 5.69 Å². The molecule has 0 fully saturated rings. The summed E-state index contributed by atoms with van der Waals surface area (Å²) in [5.74, 6) is -1.42. The number of halogens is 2. The Morgan fingerprint density at radius 2 is 2.00 bits per heavy atom. The van der Waals surface area contributed by atoms with E-state index >= 15 is 0 Å². The third kappa shape index (κ3) is 3.63. The molecule has 0 atom stereocenters. The van der Waals surface area contributed by atoms with Crippen LogP contribution < -0.4 is 5.32 Å². The van der Waals surface area contributed by atoms with Crippen LogP contribution in [0.4, 0.5) is 15.8 Å². The van der Waals surface area contributed by atoms with Crippen molar-refractivity contribution in [3.05, 3.63) is 67.9 Å². The minimum Gasteiger partial charge on any atom is -0.322 e. The molecule has 0 aliphatic heterocycles. The normalized spacial score (nSPS) is 10.2. The number of nitro benzene ring substituents is 1. The van der Waals surface area contributed by atoms with Crippen molar-refractivity contribution in [1.29, 1.82) is 0 Å². The summed E-state index contributed by atoms with van der Waals surface area (Å²) in [6.45, 7) is 1.84. The summed E-state index contributed by atoms with van der Waals surface area (Å²) in [5.41, 5.74) is 0.817. The highest BCUT2D eigenvalue weighted by atomic mass is 79.9. The van der Waals surface area contributed by atoms with E-state index in [1.54, 1.807) is 12.1 Å². The van der Waals surface area contributed by atoms with Gasteiger partial charge in [-0.2, -0.15) is 4.39 Å². The first-order valence-corrected chi connectivity index (χ1v) is 6.68. The van der Waals surface area contributed by atoms with Gasteiger partial charge in [0.05, 0.1) is 4.92 Å². The van der Waals surface area contributed by atoms with E-state index in [0.29, 0.717) is 5.56 Å². The van der Waals surface area contributed by atoms with Crippen molar-refractivity contribution in [2.45, 2.75) is 6.92 Å². The highest BCUT2D eigenvalue weighted by Gasteiger charge is 2.15. The Kier molecular flexibility index (Phi) is 4.32. The summed E-state index contributed by atoms with van der Waals surface area (Å²) in [4.78, 5) is 21.8. The quantitative estimate of drug-likeness (QED) is 0.668. The molecule has 2 aromatic carbocycles. The first-order chi connectivity index (χ1) is 9.86. The second kappa shape index (κ2) is 6.01. The summed E-state index contributed by atoms with van der Waals surface area (Å²) < 4.78 is 14.2. The second-order valence-corrected chi connectivity index (χ2v) is 5.31. The van der Waals surface area contributed by atoms with Crippen LogP contribution >= 0.6 is 15.9 Å². The molecule has 7 heteroatoms. The van der Waals surface area contributed by atoms with Gasteiger partial charge in [-0.25, -0.2) is 0 Å². The molecule has 0 radical (unpaired) electrons. The van der Waals surface area contributed by atoms with Crippen LogP contribution in [0, 0.1) is 22.9 Å². The number of amides is 1. The molecule has 0 unspecified atom stereocenters. The Balaban J connectivity index is 2.23. The lowest BCUT2D eigenvalue weighted by atomic mass is 10.1. The number of hydrogen-bond acceptors (Lipinski definition) is 3. The molecule has 108 valence electrons. The van der Waals surface area contributed by atoms with E-state index in [1.807, 2.05) is 13.0 Å². The van der Waals surface area contributed by atoms with Crippen molar-refractivity contribution < 1.29 is 14.1 Å². The Morgan fingerprint density at radius 1 is 1.29 bits per heavy atom. The largest absolute Gasteiger partial charge is 0.322 e. The zero-order valence-electron chi connectivity index (χ0n) is 10.9. The van der Waals surface area contributed by atoms with Crippen LogP contribution in [0.5, 0.6) is 0 Å². The van der Waals surface area contributed by atoms with E-state index < -0.39 is 22.3 Å². The zero-order valence-corrected chi connectivity index (χ0v) is 12.5. The lowest BCUT2D eigenvalue weighted by Gasteiger charge is -2.07. The molecule has 0 bridgehead atoms. The molecule has 1 N–H and O–H groups in total. The molecular formula is C14H10BrFN2O3. The maximum Gasteiger partial charge on any atom is 0.304 e. The number of hydrogen-bond donors (Lipinski definition) is 1. The summed E-state index contributed by atoms with van der Waals surface area (Å²) in [6, 6.07) is 8.37. The molecule has 0 saturated carbocycles. The van der Waals surface area contributed by atoms with Gasteiger partial charge < -0.3 is 5.32 Å². The standard InChI is InChI=1S/C14H10BrFN2O3/c1-8-4-9(6-10(15)5-8)14(19)17-11-2-3-13(18(20)21)12(16)7-11/h2-7H,1H3,(H,17,19). The predicted octanol–water partition coefficient (Wildman–Crippen LogP) is 4.06. The molecule has 2 rings (SSSR count). The number of nitrogens with one attached hydrogen (secondary N) is 1. The van der Waals surface area contributed by atoms with E-state index in [1.165, 1.54) is 6.07 Å². The van der Waals surface area contributed by atoms with E-state index in [9.17, 15) is 19.3 Å². The first kappa shape index (κ1) is 15.1. The third-order valence-corrected chi connectivity index (χ3v) is 3.16. The Morgan fingerprint density at radius 3 is 2.57 bits per heavy atom. The van der Waals surface area contributed by atoms with Gasteiger partial charge in [-0.05, 0) is 36.8 Å². The van der Waals surface area contributed by atoms with Crippen LogP contribution in [-0.2, 0) is 0 Å². The average Bonchev–Trinajstić information content (AvgIpc) is 2.37. The summed E-state index contributed by atoms with van der Waals surface area (Å²) in [5, 5.41) is 13.0. The van der Waals surface area contributed by atoms with Gasteiger partial charge in [-0.15, -0.1) is 0 Å². The monoisotopic (exact) mass is 352 g/mol. The van der Waals surface area contributed by atoms with Crippen molar-refractivity contribution in [1.82, 2.24) is 0 Å². The van der Waals surface area contributed by atoms with Gasteiger partial charge in [-0.1, -0.05) is 15.9 Å². The lowest BCUT2D eigenvalue weighted by Crippen LogP contribution is -2.12. The fraction of sp³-hybridized carbons (Fsp3) is 0.0714. The van der Waals surface area contributed by atoms with Gasteiger partial charge in [0.15, 0.2) is 0 Å². The summed E-state index contributed by atoms with van der Waals surface area (Å²) in [6.07, 6.45) is 0. The van der Waals surface area contributed by atoms with Crippen LogP contribution in [-0.4, -0.2) is 10.8 Å². The Hall–Kier alpha value is -2.28. The Bertz CT molecular complexity index is 714. The third-order valence-electron chi connectivity index (χ3n) is 2.71. The smallest absolute Gasteiger partial charge is 0.304 e. The fourth-order valence-electron chi connectivity index (χ4n) is 1.80. The van der Waals surface area contributed by atoms with Gasteiger partial charge in [0, 0.05) is 27.9 Å². The minimum absolute atomic E-state index is 0.153. The van der Waals surface area contributed by atoms with E-state index in [2.05, 4.69) is 21.2 Å². The topological polar surface area (TPSA) is 72.2 Å². The first-order valence-electron chi connectivity index (χ1n) is 5.89. The van der Waals surface area contributed by atoms with Gasteiger partial charge >= 0.3 is 5.69 Å². The molecular weight excluding hydrogens is 343 g/mol. The molecule has 0 aliphatic rings.